The molecule has 0 amide bonds. The van der Waals surface area contributed by atoms with E-state index in [0.717, 1.165) is 30.3 Å². The molecule has 5 heteroatoms. The van der Waals surface area contributed by atoms with Gasteiger partial charge in [0, 0.05) is 29.5 Å². The fourth-order valence-electron chi connectivity index (χ4n) is 1.29. The largest absolute Gasteiger partial charge is 0.359 e. The maximum Gasteiger partial charge on any atom is 0.202 e. The zero-order valence-electron chi connectivity index (χ0n) is 10.6. The number of rotatable bonds is 5. The van der Waals surface area contributed by atoms with Crippen LogP contribution in [-0.2, 0) is 5.41 Å². The number of anilines is 1. The van der Waals surface area contributed by atoms with Crippen LogP contribution < -0.4 is 11.1 Å². The monoisotopic (exact) mass is 242 g/mol. The molecule has 0 bridgehead atoms. The molecule has 1 atom stereocenters. The lowest BCUT2D eigenvalue weighted by molar-refractivity contribution is 0.555. The molecule has 3 N–H and O–H groups in total. The molecule has 0 aliphatic rings. The van der Waals surface area contributed by atoms with Crippen LogP contribution in [0.1, 0.15) is 46.4 Å². The lowest BCUT2D eigenvalue weighted by Gasteiger charge is -2.12. The Balaban J connectivity index is 2.47. The van der Waals surface area contributed by atoms with Crippen LogP contribution in [-0.4, -0.2) is 21.9 Å². The van der Waals surface area contributed by atoms with E-state index in [0.29, 0.717) is 0 Å². The van der Waals surface area contributed by atoms with Gasteiger partial charge in [-0.2, -0.15) is 4.37 Å². The average Bonchev–Trinajstić information content (AvgIpc) is 2.63. The van der Waals surface area contributed by atoms with Crippen molar-refractivity contribution < 1.29 is 0 Å². The molecule has 0 saturated heterocycles. The molecule has 0 spiro atoms. The van der Waals surface area contributed by atoms with Gasteiger partial charge < -0.3 is 11.1 Å². The molecule has 0 aliphatic carbocycles. The summed E-state index contributed by atoms with van der Waals surface area (Å²) in [5.41, 5.74) is 5.93. The van der Waals surface area contributed by atoms with Crippen molar-refractivity contribution in [1.82, 2.24) is 9.36 Å². The van der Waals surface area contributed by atoms with Gasteiger partial charge in [-0.05, 0) is 6.42 Å². The highest BCUT2D eigenvalue weighted by molar-refractivity contribution is 7.09. The Kier molecular flexibility index (Phi) is 4.68. The predicted octanol–water partition coefficient (Wildman–Crippen LogP) is 2.37. The summed E-state index contributed by atoms with van der Waals surface area (Å²) in [6.07, 6.45) is 2.16. The van der Waals surface area contributed by atoms with E-state index in [1.807, 2.05) is 0 Å². The second-order valence-corrected chi connectivity index (χ2v) is 5.85. The van der Waals surface area contributed by atoms with E-state index < -0.39 is 0 Å². The third-order valence-electron chi connectivity index (χ3n) is 2.27. The first-order valence-corrected chi connectivity index (χ1v) is 6.54. The van der Waals surface area contributed by atoms with E-state index in [-0.39, 0.29) is 11.5 Å². The van der Waals surface area contributed by atoms with Crippen molar-refractivity contribution >= 4 is 16.7 Å². The summed E-state index contributed by atoms with van der Waals surface area (Å²) in [7, 11) is 0. The van der Waals surface area contributed by atoms with Crippen molar-refractivity contribution in [3.8, 4) is 0 Å². The van der Waals surface area contributed by atoms with E-state index in [1.54, 1.807) is 0 Å². The summed E-state index contributed by atoms with van der Waals surface area (Å²) in [4.78, 5) is 4.45. The Morgan fingerprint density at radius 1 is 1.44 bits per heavy atom. The Bertz CT molecular complexity index is 316. The van der Waals surface area contributed by atoms with Crippen molar-refractivity contribution in [1.29, 1.82) is 0 Å². The molecule has 92 valence electrons. The first-order chi connectivity index (χ1) is 7.43. The van der Waals surface area contributed by atoms with Crippen LogP contribution in [0.3, 0.4) is 0 Å². The number of hydrogen-bond acceptors (Lipinski definition) is 5. The minimum absolute atomic E-state index is 0.0158. The third kappa shape index (κ3) is 4.06. The fourth-order valence-corrected chi connectivity index (χ4v) is 2.05. The number of nitrogens with one attached hydrogen (secondary N) is 1. The molecule has 1 rings (SSSR count). The van der Waals surface area contributed by atoms with E-state index >= 15 is 0 Å². The van der Waals surface area contributed by atoms with Gasteiger partial charge in [0.25, 0.3) is 0 Å². The molecule has 0 fully saturated rings. The number of nitrogens with zero attached hydrogens (tertiary/aromatic N) is 2. The van der Waals surface area contributed by atoms with Crippen LogP contribution in [0.15, 0.2) is 0 Å². The standard InChI is InChI=1S/C11H22N4S/c1-5-6-8(12)7-13-10-14-9(15-16-10)11(2,3)4/h8H,5-7,12H2,1-4H3,(H,13,14,15). The number of hydrogen-bond donors (Lipinski definition) is 2. The molecular weight excluding hydrogens is 220 g/mol. The second kappa shape index (κ2) is 5.59. The molecule has 0 saturated carbocycles. The highest BCUT2D eigenvalue weighted by atomic mass is 32.1. The van der Waals surface area contributed by atoms with Gasteiger partial charge in [-0.1, -0.05) is 34.1 Å². The van der Waals surface area contributed by atoms with Gasteiger partial charge in [0.1, 0.15) is 5.82 Å². The van der Waals surface area contributed by atoms with Gasteiger partial charge in [-0.25, -0.2) is 4.98 Å². The summed E-state index contributed by atoms with van der Waals surface area (Å²) in [6.45, 7) is 9.25. The highest BCUT2D eigenvalue weighted by Crippen LogP contribution is 2.22. The fraction of sp³-hybridized carbons (Fsp3) is 0.818. The molecular formula is C11H22N4S. The van der Waals surface area contributed by atoms with Crippen molar-refractivity contribution in [3.05, 3.63) is 5.82 Å². The van der Waals surface area contributed by atoms with Gasteiger partial charge in [-0.3, -0.25) is 0 Å². The first kappa shape index (κ1) is 13.4. The zero-order chi connectivity index (χ0) is 12.2. The molecule has 0 aliphatic heterocycles. The van der Waals surface area contributed by atoms with Crippen molar-refractivity contribution in [2.75, 3.05) is 11.9 Å². The molecule has 1 heterocycles. The van der Waals surface area contributed by atoms with Gasteiger partial charge in [0.2, 0.25) is 5.13 Å². The van der Waals surface area contributed by atoms with Crippen molar-refractivity contribution in [2.45, 2.75) is 52.0 Å². The average molecular weight is 242 g/mol. The normalized spacial score (nSPS) is 13.8. The quantitative estimate of drug-likeness (QED) is 0.832. The molecule has 16 heavy (non-hydrogen) atoms. The summed E-state index contributed by atoms with van der Waals surface area (Å²) >= 11 is 1.41. The van der Waals surface area contributed by atoms with Crippen LogP contribution >= 0.6 is 11.5 Å². The summed E-state index contributed by atoms with van der Waals surface area (Å²) in [6, 6.07) is 0.201. The van der Waals surface area contributed by atoms with Crippen molar-refractivity contribution in [3.63, 3.8) is 0 Å². The molecule has 0 radical (unpaired) electrons. The summed E-state index contributed by atoms with van der Waals surface area (Å²) in [5.74, 6) is 0.893. The number of aromatic nitrogens is 2. The Morgan fingerprint density at radius 3 is 2.62 bits per heavy atom. The van der Waals surface area contributed by atoms with E-state index in [2.05, 4.69) is 42.4 Å². The van der Waals surface area contributed by atoms with Crippen LogP contribution in [0.2, 0.25) is 0 Å². The Hall–Kier alpha value is -0.680. The molecule has 0 aromatic carbocycles. The molecule has 1 aromatic heterocycles. The van der Waals surface area contributed by atoms with Crippen LogP contribution in [0.25, 0.3) is 0 Å². The van der Waals surface area contributed by atoms with Gasteiger partial charge in [0.05, 0.1) is 0 Å². The van der Waals surface area contributed by atoms with Gasteiger partial charge >= 0.3 is 0 Å². The van der Waals surface area contributed by atoms with Crippen LogP contribution in [0.4, 0.5) is 5.13 Å². The molecule has 4 nitrogen and oxygen atoms in total. The minimum atomic E-state index is 0.0158. The lowest BCUT2D eigenvalue weighted by atomic mass is 9.96. The lowest BCUT2D eigenvalue weighted by Crippen LogP contribution is -2.28. The van der Waals surface area contributed by atoms with Gasteiger partial charge in [0.15, 0.2) is 0 Å². The second-order valence-electron chi connectivity index (χ2n) is 5.10. The predicted molar refractivity (Wildman–Crippen MR) is 70.0 cm³/mol. The maximum absolute atomic E-state index is 5.92. The Morgan fingerprint density at radius 2 is 2.12 bits per heavy atom. The summed E-state index contributed by atoms with van der Waals surface area (Å²) in [5, 5.41) is 4.11. The SMILES string of the molecule is CCCC(N)CNc1nc(C(C)(C)C)ns1. The van der Waals surface area contributed by atoms with E-state index in [9.17, 15) is 0 Å². The van der Waals surface area contributed by atoms with Crippen LogP contribution in [0.5, 0.6) is 0 Å². The third-order valence-corrected chi connectivity index (χ3v) is 2.94. The first-order valence-electron chi connectivity index (χ1n) is 5.77. The smallest absolute Gasteiger partial charge is 0.202 e. The number of nitrogens with two attached hydrogens (primary N) is 1. The van der Waals surface area contributed by atoms with Crippen molar-refractivity contribution in [2.24, 2.45) is 5.73 Å². The van der Waals surface area contributed by atoms with E-state index in [1.165, 1.54) is 11.5 Å². The molecule has 1 unspecified atom stereocenters. The maximum atomic E-state index is 5.92. The van der Waals surface area contributed by atoms with E-state index in [4.69, 9.17) is 5.73 Å². The van der Waals surface area contributed by atoms with Crippen LogP contribution in [0, 0.1) is 0 Å². The minimum Gasteiger partial charge on any atom is -0.359 e. The van der Waals surface area contributed by atoms with Gasteiger partial charge in [-0.15, -0.1) is 0 Å². The molecule has 1 aromatic rings. The highest BCUT2D eigenvalue weighted by Gasteiger charge is 2.19. The topological polar surface area (TPSA) is 63.8 Å². The Labute approximate surface area is 102 Å². The summed E-state index contributed by atoms with van der Waals surface area (Å²) < 4.78 is 4.34. The zero-order valence-corrected chi connectivity index (χ0v) is 11.4.